The van der Waals surface area contributed by atoms with Crippen LogP contribution in [-0.2, 0) is 0 Å². The highest BCUT2D eigenvalue weighted by Gasteiger charge is 2.28. The fourth-order valence-corrected chi connectivity index (χ4v) is 6.16. The summed E-state index contributed by atoms with van der Waals surface area (Å²) in [5.74, 6) is 1.70. The van der Waals surface area contributed by atoms with E-state index in [1.165, 1.54) is 24.2 Å². The molecule has 0 atom stereocenters. The maximum Gasteiger partial charge on any atom is 0.407 e. The van der Waals surface area contributed by atoms with E-state index in [9.17, 15) is 9.90 Å². The molecule has 1 aromatic carbocycles. The van der Waals surface area contributed by atoms with Crippen molar-refractivity contribution >= 4 is 23.4 Å². The van der Waals surface area contributed by atoms with Crippen molar-refractivity contribution < 1.29 is 14.6 Å². The molecule has 2 aromatic heterocycles. The molecule has 8 nitrogen and oxygen atoms in total. The molecule has 0 bridgehead atoms. The largest absolute Gasteiger partial charge is 0.497 e. The minimum Gasteiger partial charge on any atom is -0.497 e. The molecule has 1 amide bonds. The number of hydrogen-bond acceptors (Lipinski definition) is 7. The predicted molar refractivity (Wildman–Crippen MR) is 137 cm³/mol. The van der Waals surface area contributed by atoms with Gasteiger partial charge in [-0.3, -0.25) is 0 Å². The van der Waals surface area contributed by atoms with E-state index in [4.69, 9.17) is 14.7 Å². The second kappa shape index (κ2) is 10.6. The van der Waals surface area contributed by atoms with Crippen LogP contribution in [0.4, 0.5) is 10.7 Å². The number of nitrogens with one attached hydrogen (secondary N) is 1. The number of benzene rings is 1. The average molecular weight is 494 g/mol. The number of carbonyl (C=O) groups is 1. The molecular formula is C26H31N5O3S. The Morgan fingerprint density at radius 3 is 2.49 bits per heavy atom. The zero-order valence-corrected chi connectivity index (χ0v) is 20.8. The van der Waals surface area contributed by atoms with Gasteiger partial charge in [0, 0.05) is 36.8 Å². The molecule has 2 fully saturated rings. The van der Waals surface area contributed by atoms with Gasteiger partial charge in [0.1, 0.15) is 5.75 Å². The van der Waals surface area contributed by atoms with Crippen LogP contribution in [0.5, 0.6) is 5.75 Å². The second-order valence-corrected chi connectivity index (χ2v) is 10.3. The first-order valence-electron chi connectivity index (χ1n) is 12.3. The minimum atomic E-state index is -0.846. The van der Waals surface area contributed by atoms with E-state index in [1.54, 1.807) is 18.4 Å². The average Bonchev–Trinajstić information content (AvgIpc) is 3.35. The SMILES string of the molecule is COc1ccc(-c2nc(C3CCN(C(=O)O)CC3)sc2-c2ccnc(NC3CCCCC3)n2)cc1. The first kappa shape index (κ1) is 23.5. The van der Waals surface area contributed by atoms with Gasteiger partial charge >= 0.3 is 6.09 Å². The molecule has 1 saturated heterocycles. The van der Waals surface area contributed by atoms with Gasteiger partial charge in [0.05, 0.1) is 28.4 Å². The second-order valence-electron chi connectivity index (χ2n) is 9.25. The fourth-order valence-electron chi connectivity index (χ4n) is 4.93. The van der Waals surface area contributed by atoms with E-state index < -0.39 is 6.09 Å². The van der Waals surface area contributed by atoms with Gasteiger partial charge in [-0.15, -0.1) is 11.3 Å². The van der Waals surface area contributed by atoms with Crippen LogP contribution in [0, 0.1) is 0 Å². The molecule has 1 saturated carbocycles. The first-order valence-corrected chi connectivity index (χ1v) is 13.2. The summed E-state index contributed by atoms with van der Waals surface area (Å²) in [5, 5.41) is 13.9. The van der Waals surface area contributed by atoms with Gasteiger partial charge in [-0.1, -0.05) is 19.3 Å². The monoisotopic (exact) mass is 493 g/mol. The molecule has 2 N–H and O–H groups in total. The lowest BCUT2D eigenvalue weighted by Gasteiger charge is -2.28. The Labute approximate surface area is 209 Å². The molecule has 3 aromatic rings. The summed E-state index contributed by atoms with van der Waals surface area (Å²) >= 11 is 1.66. The van der Waals surface area contributed by atoms with Gasteiger partial charge in [0.15, 0.2) is 0 Å². The molecule has 1 aliphatic carbocycles. The van der Waals surface area contributed by atoms with Crippen molar-refractivity contribution in [2.75, 3.05) is 25.5 Å². The third kappa shape index (κ3) is 5.40. The number of carboxylic acid groups (broad SMARTS) is 1. The van der Waals surface area contributed by atoms with Crippen molar-refractivity contribution in [3.8, 4) is 27.6 Å². The zero-order chi connectivity index (χ0) is 24.2. The van der Waals surface area contributed by atoms with E-state index in [-0.39, 0.29) is 5.92 Å². The zero-order valence-electron chi connectivity index (χ0n) is 19.9. The number of rotatable bonds is 6. The van der Waals surface area contributed by atoms with Crippen LogP contribution in [0.1, 0.15) is 55.9 Å². The highest BCUT2D eigenvalue weighted by Crippen LogP contribution is 2.41. The summed E-state index contributed by atoms with van der Waals surface area (Å²) in [6.07, 6.45) is 8.64. The fraction of sp³-hybridized carbons (Fsp3) is 0.462. The van der Waals surface area contributed by atoms with E-state index >= 15 is 0 Å². The van der Waals surface area contributed by atoms with Crippen molar-refractivity contribution in [3.05, 3.63) is 41.5 Å². The smallest absolute Gasteiger partial charge is 0.407 e. The van der Waals surface area contributed by atoms with Crippen molar-refractivity contribution in [2.24, 2.45) is 0 Å². The van der Waals surface area contributed by atoms with E-state index in [2.05, 4.69) is 10.3 Å². The third-order valence-corrected chi connectivity index (χ3v) is 8.19. The molecule has 2 aliphatic rings. The Hall–Kier alpha value is -3.20. The molecule has 5 rings (SSSR count). The molecule has 35 heavy (non-hydrogen) atoms. The summed E-state index contributed by atoms with van der Waals surface area (Å²) in [7, 11) is 1.66. The normalized spacial score (nSPS) is 17.3. The van der Waals surface area contributed by atoms with E-state index in [0.717, 1.165) is 58.3 Å². The maximum absolute atomic E-state index is 11.3. The molecule has 0 unspecified atom stereocenters. The number of nitrogens with zero attached hydrogens (tertiary/aromatic N) is 4. The van der Waals surface area contributed by atoms with Crippen molar-refractivity contribution in [2.45, 2.75) is 56.9 Å². The van der Waals surface area contributed by atoms with Gasteiger partial charge in [0.2, 0.25) is 5.95 Å². The number of amides is 1. The number of piperidine rings is 1. The molecule has 3 heterocycles. The number of hydrogen-bond donors (Lipinski definition) is 2. The standard InChI is InChI=1S/C26H31N5O3S/c1-34-20-9-7-17(8-10-20)22-23(35-24(30-22)18-12-15-31(16-13-18)26(32)33)21-11-14-27-25(29-21)28-19-5-3-2-4-6-19/h7-11,14,18-19H,2-6,12-13,15-16H2,1H3,(H,32,33)(H,27,28,29). The van der Waals surface area contributed by atoms with Crippen LogP contribution in [-0.4, -0.2) is 57.3 Å². The number of ether oxygens (including phenoxy) is 1. The van der Waals surface area contributed by atoms with Gasteiger partial charge in [-0.2, -0.15) is 0 Å². The summed E-state index contributed by atoms with van der Waals surface area (Å²) in [6.45, 7) is 1.07. The van der Waals surface area contributed by atoms with E-state index in [0.29, 0.717) is 25.1 Å². The van der Waals surface area contributed by atoms with Crippen LogP contribution in [0.2, 0.25) is 0 Å². The van der Waals surface area contributed by atoms with Crippen LogP contribution >= 0.6 is 11.3 Å². The first-order chi connectivity index (χ1) is 17.1. The lowest BCUT2D eigenvalue weighted by molar-refractivity contribution is 0.132. The number of likely N-dealkylation sites (tertiary alicyclic amines) is 1. The molecular weight excluding hydrogens is 462 g/mol. The lowest BCUT2D eigenvalue weighted by Crippen LogP contribution is -2.36. The topological polar surface area (TPSA) is 100 Å². The highest BCUT2D eigenvalue weighted by molar-refractivity contribution is 7.15. The van der Waals surface area contributed by atoms with Crippen LogP contribution in [0.25, 0.3) is 21.8 Å². The molecule has 184 valence electrons. The van der Waals surface area contributed by atoms with Gasteiger partial charge in [0.25, 0.3) is 0 Å². The van der Waals surface area contributed by atoms with Crippen LogP contribution < -0.4 is 10.1 Å². The van der Waals surface area contributed by atoms with Crippen molar-refractivity contribution in [1.29, 1.82) is 0 Å². The quantitative estimate of drug-likeness (QED) is 0.442. The summed E-state index contributed by atoms with van der Waals surface area (Å²) in [6, 6.07) is 10.3. The summed E-state index contributed by atoms with van der Waals surface area (Å²) in [4.78, 5) is 28.3. The Kier molecular flexibility index (Phi) is 7.13. The van der Waals surface area contributed by atoms with Crippen LogP contribution in [0.15, 0.2) is 36.5 Å². The maximum atomic E-state index is 11.3. The predicted octanol–water partition coefficient (Wildman–Crippen LogP) is 5.88. The minimum absolute atomic E-state index is 0.239. The van der Waals surface area contributed by atoms with Crippen molar-refractivity contribution in [3.63, 3.8) is 0 Å². The van der Waals surface area contributed by atoms with Gasteiger partial charge in [-0.25, -0.2) is 19.7 Å². The van der Waals surface area contributed by atoms with E-state index in [1.807, 2.05) is 36.5 Å². The van der Waals surface area contributed by atoms with Crippen molar-refractivity contribution in [1.82, 2.24) is 19.9 Å². The third-order valence-electron chi connectivity index (χ3n) is 6.95. The lowest BCUT2D eigenvalue weighted by atomic mass is 9.96. The Bertz CT molecular complexity index is 1150. The number of methoxy groups -OCH3 is 1. The summed E-state index contributed by atoms with van der Waals surface area (Å²) in [5.41, 5.74) is 2.76. The molecule has 1 aliphatic heterocycles. The van der Waals surface area contributed by atoms with Crippen LogP contribution in [0.3, 0.4) is 0 Å². The molecule has 0 radical (unpaired) electrons. The summed E-state index contributed by atoms with van der Waals surface area (Å²) < 4.78 is 5.34. The molecule has 0 spiro atoms. The number of anilines is 1. The number of aromatic nitrogens is 3. The van der Waals surface area contributed by atoms with Gasteiger partial charge in [-0.05, 0) is 56.0 Å². The Morgan fingerprint density at radius 2 is 1.80 bits per heavy atom. The molecule has 9 heteroatoms. The van der Waals surface area contributed by atoms with Gasteiger partial charge < -0.3 is 20.1 Å². The Balaban J connectivity index is 1.46. The number of thiazole rings is 1. The Morgan fingerprint density at radius 1 is 1.06 bits per heavy atom. The highest BCUT2D eigenvalue weighted by atomic mass is 32.1.